The fourth-order valence-electron chi connectivity index (χ4n) is 3.57. The van der Waals surface area contributed by atoms with E-state index in [0.29, 0.717) is 24.4 Å². The first-order valence-corrected chi connectivity index (χ1v) is 9.67. The zero-order chi connectivity index (χ0) is 19.9. The third-order valence-electron chi connectivity index (χ3n) is 5.01. The number of ether oxygens (including phenoxy) is 1. The van der Waals surface area contributed by atoms with Crippen molar-refractivity contribution in [2.75, 3.05) is 37.0 Å². The smallest absolute Gasteiger partial charge is 0.322 e. The van der Waals surface area contributed by atoms with Crippen molar-refractivity contribution in [3.05, 3.63) is 60.2 Å². The molecule has 0 spiro atoms. The molecular formula is C22H27N3O3. The number of benzene rings is 2. The first kappa shape index (κ1) is 19.9. The fraction of sp³-hybridized carbons (Fsp3) is 0.364. The van der Waals surface area contributed by atoms with Crippen molar-refractivity contribution in [3.63, 3.8) is 0 Å². The van der Waals surface area contributed by atoms with E-state index in [1.54, 1.807) is 36.3 Å². The maximum Gasteiger partial charge on any atom is 0.322 e. The normalized spacial score (nSPS) is 16.1. The number of nitrogens with zero attached hydrogens (tertiary/aromatic N) is 2. The number of urea groups is 1. The van der Waals surface area contributed by atoms with Crippen LogP contribution in [0.3, 0.4) is 0 Å². The van der Waals surface area contributed by atoms with Gasteiger partial charge in [0.2, 0.25) is 0 Å². The predicted molar refractivity (Wildman–Crippen MR) is 111 cm³/mol. The number of carbonyl (C=O) groups excluding carboxylic acids is 2. The largest absolute Gasteiger partial charge is 0.383 e. The SMILES string of the molecule is CCN(C(=O)c1ccc(NC(=O)N2CCC[C@@H]2COC)cc1)c1ccccc1. The van der Waals surface area contributed by atoms with Crippen LogP contribution in [-0.2, 0) is 4.74 Å². The Bertz CT molecular complexity index is 792. The van der Waals surface area contributed by atoms with Crippen molar-refractivity contribution in [3.8, 4) is 0 Å². The second-order valence-corrected chi connectivity index (χ2v) is 6.84. The van der Waals surface area contributed by atoms with Crippen LogP contribution in [0.5, 0.6) is 0 Å². The second-order valence-electron chi connectivity index (χ2n) is 6.84. The Morgan fingerprint density at radius 1 is 1.14 bits per heavy atom. The molecule has 6 heteroatoms. The number of likely N-dealkylation sites (tertiary alicyclic amines) is 1. The summed E-state index contributed by atoms with van der Waals surface area (Å²) in [5, 5.41) is 2.92. The zero-order valence-corrected chi connectivity index (χ0v) is 16.4. The van der Waals surface area contributed by atoms with Gasteiger partial charge in [-0.25, -0.2) is 4.79 Å². The van der Waals surface area contributed by atoms with E-state index in [4.69, 9.17) is 4.74 Å². The molecule has 3 rings (SSSR count). The lowest BCUT2D eigenvalue weighted by Crippen LogP contribution is -2.40. The number of hydrogen-bond acceptors (Lipinski definition) is 3. The molecule has 0 saturated carbocycles. The molecule has 1 fully saturated rings. The first-order valence-electron chi connectivity index (χ1n) is 9.67. The molecule has 6 nitrogen and oxygen atoms in total. The molecule has 3 amide bonds. The summed E-state index contributed by atoms with van der Waals surface area (Å²) >= 11 is 0. The number of nitrogens with one attached hydrogen (secondary N) is 1. The van der Waals surface area contributed by atoms with Gasteiger partial charge in [0.05, 0.1) is 12.6 Å². The molecular weight excluding hydrogens is 354 g/mol. The van der Waals surface area contributed by atoms with Crippen molar-refractivity contribution >= 4 is 23.3 Å². The average molecular weight is 381 g/mol. The van der Waals surface area contributed by atoms with Crippen molar-refractivity contribution in [2.24, 2.45) is 0 Å². The van der Waals surface area contributed by atoms with E-state index in [1.165, 1.54) is 0 Å². The minimum absolute atomic E-state index is 0.0636. The van der Waals surface area contributed by atoms with E-state index in [1.807, 2.05) is 42.2 Å². The molecule has 0 radical (unpaired) electrons. The molecule has 28 heavy (non-hydrogen) atoms. The van der Waals surface area contributed by atoms with Crippen LogP contribution in [0.1, 0.15) is 30.1 Å². The van der Waals surface area contributed by atoms with Crippen LogP contribution in [0.25, 0.3) is 0 Å². The zero-order valence-electron chi connectivity index (χ0n) is 16.4. The van der Waals surface area contributed by atoms with Crippen molar-refractivity contribution in [1.29, 1.82) is 0 Å². The van der Waals surface area contributed by atoms with Gasteiger partial charge in [-0.05, 0) is 56.2 Å². The Balaban J connectivity index is 1.66. The quantitative estimate of drug-likeness (QED) is 0.823. The monoisotopic (exact) mass is 381 g/mol. The van der Waals surface area contributed by atoms with Crippen LogP contribution in [0.2, 0.25) is 0 Å². The molecule has 0 unspecified atom stereocenters. The molecule has 148 valence electrons. The third-order valence-corrected chi connectivity index (χ3v) is 5.01. The number of amides is 3. The highest BCUT2D eigenvalue weighted by atomic mass is 16.5. The van der Waals surface area contributed by atoms with Gasteiger partial charge in [-0.1, -0.05) is 18.2 Å². The molecule has 1 saturated heterocycles. The Morgan fingerprint density at radius 2 is 1.86 bits per heavy atom. The van der Waals surface area contributed by atoms with Gasteiger partial charge in [-0.15, -0.1) is 0 Å². The lowest BCUT2D eigenvalue weighted by molar-refractivity contribution is 0.0988. The second kappa shape index (κ2) is 9.37. The lowest BCUT2D eigenvalue weighted by Gasteiger charge is -2.24. The van der Waals surface area contributed by atoms with Crippen LogP contribution in [0.15, 0.2) is 54.6 Å². The summed E-state index contributed by atoms with van der Waals surface area (Å²) < 4.78 is 5.20. The highest BCUT2D eigenvalue weighted by Crippen LogP contribution is 2.21. The van der Waals surface area contributed by atoms with Crippen LogP contribution in [-0.4, -0.2) is 49.7 Å². The third kappa shape index (κ3) is 4.51. The van der Waals surface area contributed by atoms with Crippen molar-refractivity contribution in [2.45, 2.75) is 25.8 Å². The molecule has 1 atom stereocenters. The number of methoxy groups -OCH3 is 1. The van der Waals surface area contributed by atoms with Gasteiger partial charge in [-0.2, -0.15) is 0 Å². The minimum Gasteiger partial charge on any atom is -0.383 e. The average Bonchev–Trinajstić information content (AvgIpc) is 3.19. The Labute approximate surface area is 166 Å². The van der Waals surface area contributed by atoms with Crippen molar-refractivity contribution in [1.82, 2.24) is 4.90 Å². The van der Waals surface area contributed by atoms with E-state index in [-0.39, 0.29) is 18.0 Å². The van der Waals surface area contributed by atoms with Gasteiger partial charge in [-0.3, -0.25) is 4.79 Å². The molecule has 0 bridgehead atoms. The Kier molecular flexibility index (Phi) is 6.66. The standard InChI is InChI=1S/C22H27N3O3/c1-3-24(19-8-5-4-6-9-19)21(26)17-11-13-18(14-12-17)23-22(27)25-15-7-10-20(25)16-28-2/h4-6,8-9,11-14,20H,3,7,10,15-16H2,1-2H3,(H,23,27)/t20-/m1/s1. The molecule has 2 aromatic carbocycles. The summed E-state index contributed by atoms with van der Waals surface area (Å²) in [4.78, 5) is 28.9. The maximum atomic E-state index is 12.9. The van der Waals surface area contributed by atoms with E-state index in [9.17, 15) is 9.59 Å². The van der Waals surface area contributed by atoms with Gasteiger partial charge in [0.25, 0.3) is 5.91 Å². The van der Waals surface area contributed by atoms with Crippen LogP contribution < -0.4 is 10.2 Å². The summed E-state index contributed by atoms with van der Waals surface area (Å²) in [6.07, 6.45) is 1.95. The van der Waals surface area contributed by atoms with Crippen LogP contribution in [0, 0.1) is 0 Å². The number of carbonyl (C=O) groups is 2. The molecule has 1 N–H and O–H groups in total. The molecule has 0 aliphatic carbocycles. The lowest BCUT2D eigenvalue weighted by atomic mass is 10.1. The number of hydrogen-bond donors (Lipinski definition) is 1. The first-order chi connectivity index (χ1) is 13.6. The highest BCUT2D eigenvalue weighted by Gasteiger charge is 2.28. The summed E-state index contributed by atoms with van der Waals surface area (Å²) in [6, 6.07) is 16.6. The topological polar surface area (TPSA) is 61.9 Å². The maximum absolute atomic E-state index is 12.9. The number of rotatable bonds is 6. The van der Waals surface area contributed by atoms with E-state index >= 15 is 0 Å². The summed E-state index contributed by atoms with van der Waals surface area (Å²) in [6.45, 7) is 3.81. The van der Waals surface area contributed by atoms with Crippen LogP contribution >= 0.6 is 0 Å². The molecule has 0 aromatic heterocycles. The summed E-state index contributed by atoms with van der Waals surface area (Å²) in [7, 11) is 1.65. The minimum atomic E-state index is -0.127. The highest BCUT2D eigenvalue weighted by molar-refractivity contribution is 6.06. The van der Waals surface area contributed by atoms with Gasteiger partial charge >= 0.3 is 6.03 Å². The molecule has 1 aliphatic rings. The Hall–Kier alpha value is -2.86. The van der Waals surface area contributed by atoms with Gasteiger partial charge in [0.15, 0.2) is 0 Å². The molecule has 1 aliphatic heterocycles. The van der Waals surface area contributed by atoms with Crippen molar-refractivity contribution < 1.29 is 14.3 Å². The van der Waals surface area contributed by atoms with Gasteiger partial charge in [0.1, 0.15) is 0 Å². The van der Waals surface area contributed by atoms with E-state index in [2.05, 4.69) is 5.32 Å². The summed E-state index contributed by atoms with van der Waals surface area (Å²) in [5.74, 6) is -0.0636. The van der Waals surface area contributed by atoms with Crippen LogP contribution in [0.4, 0.5) is 16.2 Å². The number of anilines is 2. The van der Waals surface area contributed by atoms with E-state index in [0.717, 1.165) is 25.1 Å². The summed E-state index contributed by atoms with van der Waals surface area (Å²) in [5.41, 5.74) is 2.13. The van der Waals surface area contributed by atoms with Gasteiger partial charge < -0.3 is 19.9 Å². The predicted octanol–water partition coefficient (Wildman–Crippen LogP) is 4.00. The molecule has 1 heterocycles. The van der Waals surface area contributed by atoms with E-state index < -0.39 is 0 Å². The van der Waals surface area contributed by atoms with Gasteiger partial charge in [0, 0.05) is 37.1 Å². The fourth-order valence-corrected chi connectivity index (χ4v) is 3.57. The Morgan fingerprint density at radius 3 is 2.50 bits per heavy atom. The number of para-hydroxylation sites is 1. The molecule has 2 aromatic rings.